The lowest BCUT2D eigenvalue weighted by Crippen LogP contribution is -2.45. The molecule has 5 heteroatoms. The SMILES string of the molecule is CCO[Si](CCCCCCCCCCCCCCCCCCI)(OCC)OCC. The molecular weight excluding hydrogens is 491 g/mol. The number of unbranched alkanes of at least 4 members (excludes halogenated alkanes) is 15. The summed E-state index contributed by atoms with van der Waals surface area (Å²) in [7, 11) is -2.40. The smallest absolute Gasteiger partial charge is 0.374 e. The van der Waals surface area contributed by atoms with E-state index < -0.39 is 8.80 Å². The predicted octanol–water partition coefficient (Wildman–Crippen LogP) is 8.71. The summed E-state index contributed by atoms with van der Waals surface area (Å²) in [5.41, 5.74) is 0. The van der Waals surface area contributed by atoms with Gasteiger partial charge in [-0.3, -0.25) is 0 Å². The summed E-state index contributed by atoms with van der Waals surface area (Å²) in [5, 5.41) is 0. The normalized spacial score (nSPS) is 12.0. The highest BCUT2D eigenvalue weighted by Crippen LogP contribution is 2.21. The fourth-order valence-electron chi connectivity index (χ4n) is 3.91. The Balaban J connectivity index is 3.43. The quantitative estimate of drug-likeness (QED) is 0.0528. The van der Waals surface area contributed by atoms with Crippen molar-refractivity contribution in [2.75, 3.05) is 24.2 Å². The summed E-state index contributed by atoms with van der Waals surface area (Å²) < 4.78 is 19.1. The standard InChI is InChI=1S/C24H51IO3Si/c1-4-26-29(27-5-2,28-6-3)24-22-20-18-16-14-12-10-8-7-9-11-13-15-17-19-21-23-25/h4-24H2,1-3H3. The molecule has 0 unspecified atom stereocenters. The fraction of sp³-hybridized carbons (Fsp3) is 1.00. The minimum Gasteiger partial charge on any atom is -0.374 e. The summed E-state index contributed by atoms with van der Waals surface area (Å²) >= 11 is 2.49. The van der Waals surface area contributed by atoms with Crippen molar-refractivity contribution in [2.24, 2.45) is 0 Å². The van der Waals surface area contributed by atoms with E-state index in [1.807, 2.05) is 20.8 Å². The van der Waals surface area contributed by atoms with Crippen LogP contribution in [0.25, 0.3) is 0 Å². The van der Waals surface area contributed by atoms with E-state index in [0.717, 1.165) is 6.04 Å². The number of hydrogen-bond acceptors (Lipinski definition) is 3. The van der Waals surface area contributed by atoms with Gasteiger partial charge in [0, 0.05) is 25.9 Å². The highest BCUT2D eigenvalue weighted by molar-refractivity contribution is 14.1. The predicted molar refractivity (Wildman–Crippen MR) is 138 cm³/mol. The second-order valence-corrected chi connectivity index (χ2v) is 11.9. The molecule has 0 heterocycles. The van der Waals surface area contributed by atoms with E-state index in [9.17, 15) is 0 Å². The van der Waals surface area contributed by atoms with Crippen LogP contribution in [0.1, 0.15) is 124 Å². The van der Waals surface area contributed by atoms with Gasteiger partial charge in [0.05, 0.1) is 0 Å². The van der Waals surface area contributed by atoms with Gasteiger partial charge in [-0.2, -0.15) is 0 Å². The van der Waals surface area contributed by atoms with Gasteiger partial charge in [-0.15, -0.1) is 0 Å². The van der Waals surface area contributed by atoms with Crippen LogP contribution in [0.4, 0.5) is 0 Å². The summed E-state index contributed by atoms with van der Waals surface area (Å²) in [5.74, 6) is 0. The van der Waals surface area contributed by atoms with Gasteiger partial charge in [0.2, 0.25) is 0 Å². The molecule has 0 N–H and O–H groups in total. The highest BCUT2D eigenvalue weighted by atomic mass is 127. The van der Waals surface area contributed by atoms with Crippen molar-refractivity contribution in [1.82, 2.24) is 0 Å². The highest BCUT2D eigenvalue weighted by Gasteiger charge is 2.39. The van der Waals surface area contributed by atoms with Crippen LogP contribution in [0.2, 0.25) is 6.04 Å². The Morgan fingerprint density at radius 3 is 1.00 bits per heavy atom. The van der Waals surface area contributed by atoms with Crippen molar-refractivity contribution in [3.63, 3.8) is 0 Å². The molecule has 0 radical (unpaired) electrons. The molecule has 0 aromatic heterocycles. The van der Waals surface area contributed by atoms with E-state index in [1.54, 1.807) is 0 Å². The van der Waals surface area contributed by atoms with Crippen molar-refractivity contribution in [2.45, 2.75) is 130 Å². The molecule has 0 saturated heterocycles. The van der Waals surface area contributed by atoms with Gasteiger partial charge >= 0.3 is 8.80 Å². The minimum absolute atomic E-state index is 0.685. The third-order valence-corrected chi connectivity index (χ3v) is 9.37. The Morgan fingerprint density at radius 2 is 0.724 bits per heavy atom. The van der Waals surface area contributed by atoms with E-state index in [2.05, 4.69) is 22.6 Å². The zero-order valence-electron chi connectivity index (χ0n) is 20.0. The lowest BCUT2D eigenvalue weighted by molar-refractivity contribution is 0.0706. The average molecular weight is 543 g/mol. The zero-order chi connectivity index (χ0) is 21.5. The number of rotatable bonds is 24. The molecule has 0 amide bonds. The molecule has 0 aliphatic carbocycles. The molecule has 0 fully saturated rings. The summed E-state index contributed by atoms with van der Waals surface area (Å²) in [6.45, 7) is 8.16. The van der Waals surface area contributed by atoms with Crippen LogP contribution in [0, 0.1) is 0 Å². The Labute approximate surface area is 197 Å². The van der Waals surface area contributed by atoms with Crippen molar-refractivity contribution in [1.29, 1.82) is 0 Å². The Morgan fingerprint density at radius 1 is 0.448 bits per heavy atom. The zero-order valence-corrected chi connectivity index (χ0v) is 23.1. The average Bonchev–Trinajstić information content (AvgIpc) is 2.71. The first-order chi connectivity index (χ1) is 14.2. The van der Waals surface area contributed by atoms with Crippen LogP contribution in [-0.4, -0.2) is 33.1 Å². The second-order valence-electron chi connectivity index (χ2n) is 8.08. The molecule has 0 saturated carbocycles. The molecule has 176 valence electrons. The lowest BCUT2D eigenvalue weighted by atomic mass is 10.0. The van der Waals surface area contributed by atoms with Gasteiger partial charge in [-0.1, -0.05) is 112 Å². The lowest BCUT2D eigenvalue weighted by Gasteiger charge is -2.28. The monoisotopic (exact) mass is 542 g/mol. The van der Waals surface area contributed by atoms with Crippen molar-refractivity contribution >= 4 is 31.4 Å². The van der Waals surface area contributed by atoms with E-state index in [1.165, 1.54) is 107 Å². The van der Waals surface area contributed by atoms with E-state index in [-0.39, 0.29) is 0 Å². The molecule has 0 aromatic carbocycles. The van der Waals surface area contributed by atoms with Gasteiger partial charge in [0.25, 0.3) is 0 Å². The van der Waals surface area contributed by atoms with Crippen LogP contribution in [0.15, 0.2) is 0 Å². The first-order valence-electron chi connectivity index (χ1n) is 12.7. The Bertz CT molecular complexity index is 301. The van der Waals surface area contributed by atoms with Crippen LogP contribution in [-0.2, 0) is 13.3 Å². The maximum atomic E-state index is 5.93. The molecule has 0 aliphatic heterocycles. The Hall–Kier alpha value is 0.827. The molecule has 0 spiro atoms. The van der Waals surface area contributed by atoms with Crippen LogP contribution >= 0.6 is 22.6 Å². The maximum Gasteiger partial charge on any atom is 0.500 e. The van der Waals surface area contributed by atoms with Crippen molar-refractivity contribution < 1.29 is 13.3 Å². The maximum absolute atomic E-state index is 5.93. The topological polar surface area (TPSA) is 27.7 Å². The number of alkyl halides is 1. The van der Waals surface area contributed by atoms with Gasteiger partial charge in [-0.25, -0.2) is 0 Å². The van der Waals surface area contributed by atoms with E-state index in [0.29, 0.717) is 19.8 Å². The van der Waals surface area contributed by atoms with Gasteiger partial charge in [0.1, 0.15) is 0 Å². The third-order valence-electron chi connectivity index (χ3n) is 5.46. The Kier molecular flexibility index (Phi) is 24.2. The van der Waals surface area contributed by atoms with Crippen molar-refractivity contribution in [3.05, 3.63) is 0 Å². The van der Waals surface area contributed by atoms with E-state index >= 15 is 0 Å². The fourth-order valence-corrected chi connectivity index (χ4v) is 7.14. The molecule has 3 nitrogen and oxygen atoms in total. The van der Waals surface area contributed by atoms with E-state index in [4.69, 9.17) is 13.3 Å². The second kappa shape index (κ2) is 23.5. The van der Waals surface area contributed by atoms with Crippen LogP contribution in [0.3, 0.4) is 0 Å². The van der Waals surface area contributed by atoms with Gasteiger partial charge in [-0.05, 0) is 38.0 Å². The molecule has 0 bridgehead atoms. The number of hydrogen-bond donors (Lipinski definition) is 0. The van der Waals surface area contributed by atoms with Crippen molar-refractivity contribution in [3.8, 4) is 0 Å². The molecule has 0 aliphatic rings. The van der Waals surface area contributed by atoms with Crippen LogP contribution < -0.4 is 0 Å². The molecule has 0 rings (SSSR count). The first kappa shape index (κ1) is 29.8. The largest absolute Gasteiger partial charge is 0.500 e. The summed E-state index contributed by atoms with van der Waals surface area (Å²) in [4.78, 5) is 0. The van der Waals surface area contributed by atoms with Gasteiger partial charge < -0.3 is 13.3 Å². The molecule has 29 heavy (non-hydrogen) atoms. The first-order valence-corrected chi connectivity index (χ1v) is 16.2. The molecular formula is C24H51IO3Si. The van der Waals surface area contributed by atoms with Crippen LogP contribution in [0.5, 0.6) is 0 Å². The minimum atomic E-state index is -2.40. The summed E-state index contributed by atoms with van der Waals surface area (Å²) in [6, 6.07) is 0.973. The molecule has 0 atom stereocenters. The third kappa shape index (κ3) is 19.3. The van der Waals surface area contributed by atoms with Gasteiger partial charge in [0.15, 0.2) is 0 Å². The molecule has 0 aromatic rings. The summed E-state index contributed by atoms with van der Waals surface area (Å²) in [6.07, 6.45) is 22.5. The number of halogens is 1.